The van der Waals surface area contributed by atoms with Gasteiger partial charge in [0.2, 0.25) is 11.8 Å². The molecule has 10 heteroatoms. The lowest BCUT2D eigenvalue weighted by Gasteiger charge is -2.35. The van der Waals surface area contributed by atoms with Gasteiger partial charge in [-0.1, -0.05) is 120 Å². The van der Waals surface area contributed by atoms with Crippen LogP contribution in [0.4, 0.5) is 5.69 Å². The molecule has 0 aromatic heterocycles. The van der Waals surface area contributed by atoms with Crippen LogP contribution >= 0.6 is 23.2 Å². The molecule has 1 N–H and O–H groups in total. The van der Waals surface area contributed by atoms with E-state index in [2.05, 4.69) is 5.32 Å². The highest BCUT2D eigenvalue weighted by molar-refractivity contribution is 7.92. The molecule has 1 fully saturated rings. The number of hydrogen-bond acceptors (Lipinski definition) is 4. The number of amides is 2. The van der Waals surface area contributed by atoms with Crippen molar-refractivity contribution >= 4 is 50.7 Å². The lowest BCUT2D eigenvalue weighted by Crippen LogP contribution is -2.55. The van der Waals surface area contributed by atoms with Crippen LogP contribution < -0.4 is 9.62 Å². The largest absolute Gasteiger partial charge is 0.352 e. The summed E-state index contributed by atoms with van der Waals surface area (Å²) in [4.78, 5) is 30.5. The Morgan fingerprint density at radius 1 is 0.792 bits per heavy atom. The average molecular weight is 707 g/mol. The second-order valence-electron chi connectivity index (χ2n) is 12.5. The molecule has 252 valence electrons. The second-order valence-corrected chi connectivity index (χ2v) is 15.2. The zero-order valence-electron chi connectivity index (χ0n) is 27.2. The first-order chi connectivity index (χ1) is 23.0. The zero-order chi connectivity index (χ0) is 34.3. The number of halogens is 2. The Morgan fingerprint density at radius 2 is 1.42 bits per heavy atom. The molecule has 0 saturated heterocycles. The summed E-state index contributed by atoms with van der Waals surface area (Å²) in [7, 11) is -4.25. The van der Waals surface area contributed by atoms with Crippen LogP contribution in [-0.2, 0) is 32.6 Å². The highest BCUT2D eigenvalue weighted by Crippen LogP contribution is 2.31. The van der Waals surface area contributed by atoms with E-state index in [1.165, 1.54) is 35.2 Å². The van der Waals surface area contributed by atoms with E-state index < -0.39 is 28.5 Å². The third kappa shape index (κ3) is 8.98. The molecule has 4 aromatic rings. The Kier molecular flexibility index (Phi) is 11.8. The van der Waals surface area contributed by atoms with Gasteiger partial charge < -0.3 is 10.2 Å². The van der Waals surface area contributed by atoms with E-state index in [1.54, 1.807) is 12.1 Å². The van der Waals surface area contributed by atoms with E-state index in [0.29, 0.717) is 0 Å². The van der Waals surface area contributed by atoms with Gasteiger partial charge in [0.1, 0.15) is 12.6 Å². The van der Waals surface area contributed by atoms with Gasteiger partial charge in [-0.3, -0.25) is 13.9 Å². The molecule has 4 aromatic carbocycles. The zero-order valence-corrected chi connectivity index (χ0v) is 29.6. The molecule has 1 atom stereocenters. The maximum absolute atomic E-state index is 14.7. The number of anilines is 1. The highest BCUT2D eigenvalue weighted by Gasteiger charge is 2.35. The van der Waals surface area contributed by atoms with Crippen LogP contribution in [0.5, 0.6) is 0 Å². The predicted molar refractivity (Wildman–Crippen MR) is 193 cm³/mol. The van der Waals surface area contributed by atoms with E-state index in [-0.39, 0.29) is 45.5 Å². The number of benzene rings is 4. The smallest absolute Gasteiger partial charge is 0.264 e. The van der Waals surface area contributed by atoms with Crippen molar-refractivity contribution in [2.45, 2.75) is 75.9 Å². The first-order valence-electron chi connectivity index (χ1n) is 16.2. The van der Waals surface area contributed by atoms with E-state index in [4.69, 9.17) is 23.2 Å². The Morgan fingerprint density at radius 3 is 2.04 bits per heavy atom. The summed E-state index contributed by atoms with van der Waals surface area (Å²) in [6.45, 7) is 3.38. The lowest BCUT2D eigenvalue weighted by atomic mass is 9.94. The van der Waals surface area contributed by atoms with Gasteiger partial charge in [-0.25, -0.2) is 8.42 Å². The van der Waals surface area contributed by atoms with Crippen LogP contribution in [0.1, 0.15) is 54.4 Å². The van der Waals surface area contributed by atoms with E-state index in [9.17, 15) is 18.0 Å². The monoisotopic (exact) mass is 705 g/mol. The standard InChI is InChI=1S/C38H41Cl2N3O4S/c1-27-13-17-30(18-14-27)25-42(36(23-29-9-5-3-6-10-29)38(45)41-31-11-7-4-8-12-31)37(44)26-43(32-19-22-34(39)35(40)24-32)48(46,47)33-20-15-28(2)16-21-33/h3,5-6,9-10,13-22,24,31,36H,4,7-8,11-12,23,25-26H2,1-2H3,(H,41,45)/t36-/m0/s1. The maximum atomic E-state index is 14.7. The van der Waals surface area contributed by atoms with Crippen molar-refractivity contribution in [3.05, 3.63) is 129 Å². The lowest BCUT2D eigenvalue weighted by molar-refractivity contribution is -0.140. The summed E-state index contributed by atoms with van der Waals surface area (Å²) in [5.74, 6) is -0.786. The third-order valence-electron chi connectivity index (χ3n) is 8.78. The van der Waals surface area contributed by atoms with Gasteiger partial charge in [0.05, 0.1) is 20.6 Å². The Balaban J connectivity index is 1.57. The number of aryl methyl sites for hydroxylation is 2. The Bertz CT molecular complexity index is 1810. The van der Waals surface area contributed by atoms with Crippen molar-refractivity contribution in [2.24, 2.45) is 0 Å². The summed E-state index contributed by atoms with van der Waals surface area (Å²) < 4.78 is 29.5. The van der Waals surface area contributed by atoms with E-state index in [0.717, 1.165) is 58.7 Å². The van der Waals surface area contributed by atoms with E-state index in [1.807, 2.05) is 68.4 Å². The fourth-order valence-corrected chi connectivity index (χ4v) is 7.69. The van der Waals surface area contributed by atoms with Crippen molar-refractivity contribution in [3.8, 4) is 0 Å². The number of hydrogen-bond donors (Lipinski definition) is 1. The van der Waals surface area contributed by atoms with Crippen molar-refractivity contribution in [3.63, 3.8) is 0 Å². The van der Waals surface area contributed by atoms with Crippen molar-refractivity contribution in [1.82, 2.24) is 10.2 Å². The molecule has 1 saturated carbocycles. The molecule has 0 bridgehead atoms. The van der Waals surface area contributed by atoms with E-state index >= 15 is 0 Å². The minimum absolute atomic E-state index is 0.0212. The molecule has 48 heavy (non-hydrogen) atoms. The topological polar surface area (TPSA) is 86.8 Å². The van der Waals surface area contributed by atoms with Gasteiger partial charge in [-0.2, -0.15) is 0 Å². The van der Waals surface area contributed by atoms with Crippen LogP contribution in [0.25, 0.3) is 0 Å². The summed E-state index contributed by atoms with van der Waals surface area (Å²) >= 11 is 12.6. The van der Waals surface area contributed by atoms with Gasteiger partial charge in [0.15, 0.2) is 0 Å². The summed E-state index contributed by atoms with van der Waals surface area (Å²) in [6, 6.07) is 27.3. The third-order valence-corrected chi connectivity index (χ3v) is 11.3. The summed E-state index contributed by atoms with van der Waals surface area (Å²) in [6.07, 6.45) is 5.24. The number of nitrogens with zero attached hydrogens (tertiary/aromatic N) is 2. The van der Waals surface area contributed by atoms with Gasteiger partial charge >= 0.3 is 0 Å². The van der Waals surface area contributed by atoms with Gasteiger partial charge in [0.25, 0.3) is 10.0 Å². The number of nitrogens with one attached hydrogen (secondary N) is 1. The Labute approximate surface area is 293 Å². The quantitative estimate of drug-likeness (QED) is 0.162. The van der Waals surface area contributed by atoms with Crippen LogP contribution in [0.15, 0.2) is 102 Å². The highest BCUT2D eigenvalue weighted by atomic mass is 35.5. The molecule has 0 radical (unpaired) electrons. The van der Waals surface area contributed by atoms with Crippen molar-refractivity contribution in [2.75, 3.05) is 10.8 Å². The molecule has 0 aliphatic heterocycles. The molecule has 5 rings (SSSR count). The van der Waals surface area contributed by atoms with Gasteiger partial charge in [0, 0.05) is 19.0 Å². The average Bonchev–Trinajstić information content (AvgIpc) is 3.08. The minimum atomic E-state index is -4.25. The SMILES string of the molecule is Cc1ccc(CN(C(=O)CN(c2ccc(Cl)c(Cl)c2)S(=O)(=O)c2ccc(C)cc2)[C@@H](Cc2ccccc2)C(=O)NC2CCCCC2)cc1. The number of carbonyl (C=O) groups is 2. The molecule has 0 unspecified atom stereocenters. The number of sulfonamides is 1. The van der Waals surface area contributed by atoms with Crippen molar-refractivity contribution in [1.29, 1.82) is 0 Å². The number of rotatable bonds is 12. The van der Waals surface area contributed by atoms with Crippen LogP contribution in [0, 0.1) is 13.8 Å². The first-order valence-corrected chi connectivity index (χ1v) is 18.4. The van der Waals surface area contributed by atoms with Gasteiger partial charge in [-0.15, -0.1) is 0 Å². The minimum Gasteiger partial charge on any atom is -0.352 e. The molecule has 2 amide bonds. The number of carbonyl (C=O) groups excluding carboxylic acids is 2. The van der Waals surface area contributed by atoms with Crippen LogP contribution in [0.2, 0.25) is 10.0 Å². The molecule has 1 aliphatic carbocycles. The molecule has 7 nitrogen and oxygen atoms in total. The van der Waals surface area contributed by atoms with Gasteiger partial charge in [-0.05, 0) is 68.1 Å². The molecule has 1 aliphatic rings. The molecule has 0 heterocycles. The molecule has 0 spiro atoms. The molecular formula is C38H41Cl2N3O4S. The van der Waals surface area contributed by atoms with Crippen LogP contribution in [0.3, 0.4) is 0 Å². The fourth-order valence-electron chi connectivity index (χ4n) is 5.99. The first kappa shape index (κ1) is 35.5. The Hall–Kier alpha value is -3.85. The van der Waals surface area contributed by atoms with Crippen LogP contribution in [-0.4, -0.2) is 43.8 Å². The summed E-state index contributed by atoms with van der Waals surface area (Å²) in [5.41, 5.74) is 3.84. The molecular weight excluding hydrogens is 665 g/mol. The summed E-state index contributed by atoms with van der Waals surface area (Å²) in [5, 5.41) is 3.63. The fraction of sp³-hybridized carbons (Fsp3) is 0.316. The predicted octanol–water partition coefficient (Wildman–Crippen LogP) is 7.89. The maximum Gasteiger partial charge on any atom is 0.264 e. The second kappa shape index (κ2) is 16.0. The van der Waals surface area contributed by atoms with Crippen molar-refractivity contribution < 1.29 is 18.0 Å². The normalized spacial score (nSPS) is 14.2.